The number of rotatable bonds is 4. The number of hydrogen-bond acceptors (Lipinski definition) is 1. The number of hydrogen-bond donors (Lipinski definition) is 1. The minimum Gasteiger partial charge on any atom is -0.310 e. The van der Waals surface area contributed by atoms with E-state index in [4.69, 9.17) is 11.6 Å². The van der Waals surface area contributed by atoms with Crippen molar-refractivity contribution < 1.29 is 4.39 Å². The molecule has 0 heterocycles. The molecule has 1 aromatic rings. The summed E-state index contributed by atoms with van der Waals surface area (Å²) in [4.78, 5) is 0. The van der Waals surface area contributed by atoms with Crippen LogP contribution in [0.2, 0.25) is 5.02 Å². The van der Waals surface area contributed by atoms with Crippen molar-refractivity contribution in [1.82, 2.24) is 5.32 Å². The van der Waals surface area contributed by atoms with E-state index in [2.05, 4.69) is 26.1 Å². The molecule has 1 aliphatic rings. The molecule has 0 saturated heterocycles. The van der Waals surface area contributed by atoms with E-state index in [1.54, 1.807) is 6.07 Å². The summed E-state index contributed by atoms with van der Waals surface area (Å²) in [6.07, 6.45) is 3.58. The Kier molecular flexibility index (Phi) is 5.45. The first-order chi connectivity index (χ1) is 9.52. The minimum atomic E-state index is -0.185. The molecule has 1 aliphatic carbocycles. The molecule has 0 aliphatic heterocycles. The molecule has 4 unspecified atom stereocenters. The van der Waals surface area contributed by atoms with Crippen LogP contribution in [0, 0.1) is 23.6 Å². The van der Waals surface area contributed by atoms with Crippen LogP contribution in [-0.2, 0) is 0 Å². The number of benzene rings is 1. The van der Waals surface area contributed by atoms with Crippen LogP contribution in [0.25, 0.3) is 0 Å². The largest absolute Gasteiger partial charge is 0.310 e. The Balaban J connectivity index is 2.22. The monoisotopic (exact) mass is 297 g/mol. The van der Waals surface area contributed by atoms with Crippen molar-refractivity contribution in [3.05, 3.63) is 34.6 Å². The zero-order valence-corrected chi connectivity index (χ0v) is 13.4. The molecule has 1 N–H and O–H groups in total. The lowest BCUT2D eigenvalue weighted by molar-refractivity contribution is 0.170. The molecule has 0 amide bonds. The average Bonchev–Trinajstić information content (AvgIpc) is 2.40. The fraction of sp³-hybridized carbons (Fsp3) is 0.647. The fourth-order valence-corrected chi connectivity index (χ4v) is 3.55. The Morgan fingerprint density at radius 2 is 2.05 bits per heavy atom. The molecule has 112 valence electrons. The van der Waals surface area contributed by atoms with Gasteiger partial charge in [0.05, 0.1) is 0 Å². The second-order valence-electron chi connectivity index (χ2n) is 6.23. The van der Waals surface area contributed by atoms with Crippen molar-refractivity contribution in [1.29, 1.82) is 0 Å². The third-order valence-electron chi connectivity index (χ3n) is 4.83. The fourth-order valence-electron chi connectivity index (χ4n) is 3.40. The van der Waals surface area contributed by atoms with Gasteiger partial charge in [0, 0.05) is 16.6 Å². The molecule has 0 bridgehead atoms. The molecule has 1 fully saturated rings. The number of halogens is 2. The highest BCUT2D eigenvalue weighted by Crippen LogP contribution is 2.40. The summed E-state index contributed by atoms with van der Waals surface area (Å²) in [6.45, 7) is 7.58. The predicted molar refractivity (Wildman–Crippen MR) is 83.5 cm³/mol. The maximum Gasteiger partial charge on any atom is 0.129 e. The average molecular weight is 298 g/mol. The zero-order chi connectivity index (χ0) is 14.7. The van der Waals surface area contributed by atoms with E-state index in [1.807, 2.05) is 6.07 Å². The predicted octanol–water partition coefficient (Wildman–Crippen LogP) is 5.20. The summed E-state index contributed by atoms with van der Waals surface area (Å²) in [7, 11) is 0. The van der Waals surface area contributed by atoms with Crippen molar-refractivity contribution >= 4 is 11.6 Å². The Morgan fingerprint density at radius 3 is 2.65 bits per heavy atom. The summed E-state index contributed by atoms with van der Waals surface area (Å²) >= 11 is 5.87. The molecule has 0 spiro atoms. The number of nitrogens with one attached hydrogen (secondary N) is 1. The molecule has 3 heteroatoms. The zero-order valence-electron chi connectivity index (χ0n) is 12.6. The summed E-state index contributed by atoms with van der Waals surface area (Å²) < 4.78 is 14.2. The molecule has 0 aromatic heterocycles. The van der Waals surface area contributed by atoms with Gasteiger partial charge in [0.1, 0.15) is 5.82 Å². The lowest BCUT2D eigenvalue weighted by Crippen LogP contribution is -2.33. The van der Waals surface area contributed by atoms with Crippen LogP contribution in [0.5, 0.6) is 0 Å². The van der Waals surface area contributed by atoms with Crippen LogP contribution in [0.1, 0.15) is 51.6 Å². The third kappa shape index (κ3) is 3.53. The molecule has 20 heavy (non-hydrogen) atoms. The summed E-state index contributed by atoms with van der Waals surface area (Å²) in [5.41, 5.74) is 0.767. The first kappa shape index (κ1) is 15.8. The van der Waals surface area contributed by atoms with E-state index in [0.29, 0.717) is 16.9 Å². The minimum absolute atomic E-state index is 0.104. The van der Waals surface area contributed by atoms with Crippen LogP contribution in [0.3, 0.4) is 0 Å². The quantitative estimate of drug-likeness (QED) is 0.805. The van der Waals surface area contributed by atoms with Crippen molar-refractivity contribution in [2.24, 2.45) is 17.8 Å². The highest BCUT2D eigenvalue weighted by atomic mass is 35.5. The van der Waals surface area contributed by atoms with E-state index >= 15 is 0 Å². The molecule has 0 radical (unpaired) electrons. The van der Waals surface area contributed by atoms with Gasteiger partial charge in [-0.15, -0.1) is 0 Å². The van der Waals surface area contributed by atoms with Gasteiger partial charge in [-0.25, -0.2) is 4.39 Å². The molecule has 1 aromatic carbocycles. The SMILES string of the molecule is CCNC(c1ccc(Cl)cc1F)C1CCC(C)C(C)C1. The van der Waals surface area contributed by atoms with Gasteiger partial charge in [0.25, 0.3) is 0 Å². The second kappa shape index (κ2) is 6.91. The standard InChI is InChI=1S/C17H25ClFN/c1-4-20-17(13-6-5-11(2)12(3)9-13)15-8-7-14(18)10-16(15)19/h7-8,10-13,17,20H,4-6,9H2,1-3H3. The van der Waals surface area contributed by atoms with Gasteiger partial charge in [-0.2, -0.15) is 0 Å². The van der Waals surface area contributed by atoms with Crippen LogP contribution < -0.4 is 5.32 Å². The van der Waals surface area contributed by atoms with E-state index in [-0.39, 0.29) is 11.9 Å². The van der Waals surface area contributed by atoms with Crippen molar-refractivity contribution in [2.45, 2.75) is 46.1 Å². The van der Waals surface area contributed by atoms with Gasteiger partial charge in [-0.05, 0) is 49.3 Å². The van der Waals surface area contributed by atoms with Crippen molar-refractivity contribution in [3.63, 3.8) is 0 Å². The van der Waals surface area contributed by atoms with Crippen molar-refractivity contribution in [3.8, 4) is 0 Å². The van der Waals surface area contributed by atoms with Crippen LogP contribution >= 0.6 is 11.6 Å². The van der Waals surface area contributed by atoms with Gasteiger partial charge in [-0.3, -0.25) is 0 Å². The maximum atomic E-state index is 14.2. The molecular weight excluding hydrogens is 273 g/mol. The smallest absolute Gasteiger partial charge is 0.129 e. The van der Waals surface area contributed by atoms with Gasteiger partial charge < -0.3 is 5.32 Å². The van der Waals surface area contributed by atoms with Gasteiger partial charge in [0.2, 0.25) is 0 Å². The van der Waals surface area contributed by atoms with E-state index in [0.717, 1.165) is 18.0 Å². The molecule has 1 nitrogen and oxygen atoms in total. The first-order valence-corrected chi connectivity index (χ1v) is 8.09. The summed E-state index contributed by atoms with van der Waals surface area (Å²) in [6, 6.07) is 5.16. The Morgan fingerprint density at radius 1 is 1.30 bits per heavy atom. The van der Waals surface area contributed by atoms with Crippen LogP contribution in [0.15, 0.2) is 18.2 Å². The third-order valence-corrected chi connectivity index (χ3v) is 5.07. The first-order valence-electron chi connectivity index (χ1n) is 7.71. The van der Waals surface area contributed by atoms with Crippen LogP contribution in [-0.4, -0.2) is 6.54 Å². The summed E-state index contributed by atoms with van der Waals surface area (Å²) in [5.74, 6) is 1.82. The molecule has 4 atom stereocenters. The van der Waals surface area contributed by atoms with E-state index < -0.39 is 0 Å². The normalized spacial score (nSPS) is 28.4. The second-order valence-corrected chi connectivity index (χ2v) is 6.67. The van der Waals surface area contributed by atoms with Crippen LogP contribution in [0.4, 0.5) is 4.39 Å². The lowest BCUT2D eigenvalue weighted by Gasteiger charge is -2.37. The van der Waals surface area contributed by atoms with Gasteiger partial charge >= 0.3 is 0 Å². The molecular formula is C17H25ClFN. The van der Waals surface area contributed by atoms with E-state index in [1.165, 1.54) is 25.3 Å². The highest BCUT2D eigenvalue weighted by molar-refractivity contribution is 6.30. The van der Waals surface area contributed by atoms with E-state index in [9.17, 15) is 4.39 Å². The Labute approximate surface area is 126 Å². The highest BCUT2D eigenvalue weighted by Gasteiger charge is 2.31. The maximum absolute atomic E-state index is 14.2. The molecule has 2 rings (SSSR count). The Hall–Kier alpha value is -0.600. The lowest BCUT2D eigenvalue weighted by atomic mass is 9.72. The van der Waals surface area contributed by atoms with Crippen molar-refractivity contribution in [2.75, 3.05) is 6.54 Å². The Bertz CT molecular complexity index is 449. The topological polar surface area (TPSA) is 12.0 Å². The van der Waals surface area contributed by atoms with Gasteiger partial charge in [-0.1, -0.05) is 44.9 Å². The summed E-state index contributed by atoms with van der Waals surface area (Å²) in [5, 5.41) is 3.95. The van der Waals surface area contributed by atoms with Gasteiger partial charge in [0.15, 0.2) is 0 Å². The molecule has 1 saturated carbocycles.